The molecule has 1 aliphatic heterocycles. The largest absolute Gasteiger partial charge is 0.381 e. The summed E-state index contributed by atoms with van der Waals surface area (Å²) in [5.74, 6) is 3.45. The molecule has 3 N–H and O–H groups in total. The number of halogens is 2. The molecule has 1 heterocycles. The van der Waals surface area contributed by atoms with E-state index in [-0.39, 0.29) is 18.4 Å². The maximum atomic E-state index is 13.9. The van der Waals surface area contributed by atoms with Crippen molar-refractivity contribution in [3.05, 3.63) is 35.4 Å². The molecule has 0 unspecified atom stereocenters. The number of hydrogen-bond donors (Lipinski definition) is 2. The molecule has 0 spiro atoms. The van der Waals surface area contributed by atoms with Gasteiger partial charge in [-0.1, -0.05) is 0 Å². The van der Waals surface area contributed by atoms with Crippen LogP contribution in [-0.2, 0) is 14.9 Å². The van der Waals surface area contributed by atoms with Crippen LogP contribution < -0.4 is 11.3 Å². The van der Waals surface area contributed by atoms with Crippen LogP contribution in [-0.4, -0.2) is 19.1 Å². The summed E-state index contributed by atoms with van der Waals surface area (Å²) in [4.78, 5) is 12.0. The molecule has 1 aromatic carbocycles. The van der Waals surface area contributed by atoms with Gasteiger partial charge in [-0.2, -0.15) is 0 Å². The Morgan fingerprint density at radius 1 is 1.33 bits per heavy atom. The van der Waals surface area contributed by atoms with Gasteiger partial charge in [0.1, 0.15) is 11.6 Å². The molecule has 98 valence electrons. The van der Waals surface area contributed by atoms with E-state index < -0.39 is 23.0 Å². The topological polar surface area (TPSA) is 64.3 Å². The molecule has 0 atom stereocenters. The molecule has 2 rings (SSSR count). The van der Waals surface area contributed by atoms with Gasteiger partial charge in [-0.3, -0.25) is 10.2 Å². The second-order valence-corrected chi connectivity index (χ2v) is 4.29. The number of ether oxygens (including phenoxy) is 1. The van der Waals surface area contributed by atoms with E-state index in [9.17, 15) is 13.6 Å². The smallest absolute Gasteiger partial charge is 0.244 e. The number of amides is 1. The molecule has 1 aromatic rings. The molecule has 4 nitrogen and oxygen atoms in total. The van der Waals surface area contributed by atoms with Gasteiger partial charge in [-0.05, 0) is 31.0 Å². The highest BCUT2D eigenvalue weighted by Gasteiger charge is 2.43. The van der Waals surface area contributed by atoms with Crippen LogP contribution in [0.25, 0.3) is 0 Å². The number of rotatable bonds is 2. The molecule has 0 saturated carbocycles. The van der Waals surface area contributed by atoms with Crippen molar-refractivity contribution in [2.24, 2.45) is 5.84 Å². The fourth-order valence-corrected chi connectivity index (χ4v) is 2.34. The summed E-state index contributed by atoms with van der Waals surface area (Å²) < 4.78 is 32.3. The summed E-state index contributed by atoms with van der Waals surface area (Å²) in [5, 5.41) is 0. The van der Waals surface area contributed by atoms with Gasteiger partial charge in [0.15, 0.2) is 0 Å². The van der Waals surface area contributed by atoms with Crippen molar-refractivity contribution in [1.82, 2.24) is 5.43 Å². The van der Waals surface area contributed by atoms with Crippen LogP contribution in [0.4, 0.5) is 8.78 Å². The molecule has 1 amide bonds. The van der Waals surface area contributed by atoms with Crippen molar-refractivity contribution in [2.75, 3.05) is 13.2 Å². The Balaban J connectivity index is 2.51. The van der Waals surface area contributed by atoms with E-state index in [0.717, 1.165) is 18.2 Å². The summed E-state index contributed by atoms with van der Waals surface area (Å²) in [7, 11) is 0. The third kappa shape index (κ3) is 2.09. The third-order valence-electron chi connectivity index (χ3n) is 3.36. The maximum Gasteiger partial charge on any atom is 0.244 e. The van der Waals surface area contributed by atoms with E-state index in [1.807, 2.05) is 5.43 Å². The molecule has 0 aromatic heterocycles. The number of carbonyl (C=O) groups is 1. The molecule has 0 radical (unpaired) electrons. The van der Waals surface area contributed by atoms with Crippen LogP contribution in [0.2, 0.25) is 0 Å². The van der Waals surface area contributed by atoms with Gasteiger partial charge >= 0.3 is 0 Å². The van der Waals surface area contributed by atoms with Gasteiger partial charge in [0, 0.05) is 18.8 Å². The second kappa shape index (κ2) is 4.99. The molecule has 1 saturated heterocycles. The second-order valence-electron chi connectivity index (χ2n) is 4.29. The van der Waals surface area contributed by atoms with Crippen molar-refractivity contribution in [2.45, 2.75) is 18.3 Å². The summed E-state index contributed by atoms with van der Waals surface area (Å²) in [6.07, 6.45) is 0.548. The fraction of sp³-hybridized carbons (Fsp3) is 0.417. The van der Waals surface area contributed by atoms with Gasteiger partial charge in [0.05, 0.1) is 5.41 Å². The summed E-state index contributed by atoms with van der Waals surface area (Å²) in [5.41, 5.74) is 0.919. The van der Waals surface area contributed by atoms with Gasteiger partial charge in [-0.15, -0.1) is 0 Å². The monoisotopic (exact) mass is 256 g/mol. The number of nitrogens with one attached hydrogen (secondary N) is 1. The Bertz CT molecular complexity index is 459. The molecule has 1 aliphatic rings. The molecule has 18 heavy (non-hydrogen) atoms. The Labute approximate surface area is 103 Å². The van der Waals surface area contributed by atoms with Crippen molar-refractivity contribution in [1.29, 1.82) is 0 Å². The van der Waals surface area contributed by atoms with Crippen LogP contribution in [0.3, 0.4) is 0 Å². The number of nitrogens with two attached hydrogens (primary N) is 1. The van der Waals surface area contributed by atoms with Crippen LogP contribution in [0.5, 0.6) is 0 Å². The lowest BCUT2D eigenvalue weighted by Gasteiger charge is -2.35. The van der Waals surface area contributed by atoms with E-state index in [0.29, 0.717) is 13.2 Å². The van der Waals surface area contributed by atoms with E-state index >= 15 is 0 Å². The predicted molar refractivity (Wildman–Crippen MR) is 60.4 cm³/mol. The first-order valence-electron chi connectivity index (χ1n) is 5.64. The highest BCUT2D eigenvalue weighted by atomic mass is 19.1. The maximum absolute atomic E-state index is 13.9. The average Bonchev–Trinajstić information content (AvgIpc) is 2.41. The quantitative estimate of drug-likeness (QED) is 0.471. The Morgan fingerprint density at radius 2 is 2.00 bits per heavy atom. The van der Waals surface area contributed by atoms with E-state index in [2.05, 4.69) is 0 Å². The summed E-state index contributed by atoms with van der Waals surface area (Å²) in [6.45, 7) is 0.618. The number of hydrazine groups is 1. The first-order chi connectivity index (χ1) is 8.60. The molecule has 0 bridgehead atoms. The Hall–Kier alpha value is -1.53. The lowest BCUT2D eigenvalue weighted by molar-refractivity contribution is -0.130. The zero-order chi connectivity index (χ0) is 13.2. The van der Waals surface area contributed by atoms with E-state index in [1.54, 1.807) is 0 Å². The minimum Gasteiger partial charge on any atom is -0.381 e. The number of carbonyl (C=O) groups excluding carboxylic acids is 1. The van der Waals surface area contributed by atoms with Crippen LogP contribution in [0.15, 0.2) is 18.2 Å². The first-order valence-corrected chi connectivity index (χ1v) is 5.64. The summed E-state index contributed by atoms with van der Waals surface area (Å²) in [6, 6.07) is 3.09. The average molecular weight is 256 g/mol. The lowest BCUT2D eigenvalue weighted by atomic mass is 9.73. The number of hydrogen-bond acceptors (Lipinski definition) is 3. The van der Waals surface area contributed by atoms with Crippen molar-refractivity contribution < 1.29 is 18.3 Å². The zero-order valence-corrected chi connectivity index (χ0v) is 9.71. The van der Waals surface area contributed by atoms with Crippen LogP contribution in [0.1, 0.15) is 18.4 Å². The van der Waals surface area contributed by atoms with Gasteiger partial charge in [-0.25, -0.2) is 14.6 Å². The van der Waals surface area contributed by atoms with Gasteiger partial charge in [0.2, 0.25) is 5.91 Å². The number of benzene rings is 1. The molecule has 6 heteroatoms. The third-order valence-corrected chi connectivity index (χ3v) is 3.36. The normalized spacial score (nSPS) is 18.4. The minimum absolute atomic E-state index is 0.0359. The highest BCUT2D eigenvalue weighted by molar-refractivity contribution is 5.88. The lowest BCUT2D eigenvalue weighted by Crippen LogP contribution is -2.50. The molecule has 1 fully saturated rings. The standard InChI is InChI=1S/C12H14F2N2O2/c13-8-1-2-10(14)9(7-8)12(11(17)16-15)3-5-18-6-4-12/h1-2,7H,3-6,15H2,(H,16,17). The van der Waals surface area contributed by atoms with Crippen molar-refractivity contribution >= 4 is 5.91 Å². The van der Waals surface area contributed by atoms with E-state index in [4.69, 9.17) is 10.6 Å². The molecule has 0 aliphatic carbocycles. The first kappa shape index (κ1) is 12.9. The molecular formula is C12H14F2N2O2. The Kier molecular flexibility index (Phi) is 3.58. The van der Waals surface area contributed by atoms with Crippen molar-refractivity contribution in [3.63, 3.8) is 0 Å². The van der Waals surface area contributed by atoms with Gasteiger partial charge in [0.25, 0.3) is 0 Å². The highest BCUT2D eigenvalue weighted by Crippen LogP contribution is 2.36. The van der Waals surface area contributed by atoms with E-state index in [1.165, 1.54) is 0 Å². The molecular weight excluding hydrogens is 242 g/mol. The summed E-state index contributed by atoms with van der Waals surface area (Å²) >= 11 is 0. The van der Waals surface area contributed by atoms with Crippen molar-refractivity contribution in [3.8, 4) is 0 Å². The minimum atomic E-state index is -1.15. The fourth-order valence-electron chi connectivity index (χ4n) is 2.34. The zero-order valence-electron chi connectivity index (χ0n) is 9.71. The van der Waals surface area contributed by atoms with Crippen LogP contribution in [0, 0.1) is 11.6 Å². The van der Waals surface area contributed by atoms with Crippen LogP contribution >= 0.6 is 0 Å². The van der Waals surface area contributed by atoms with Gasteiger partial charge < -0.3 is 4.74 Å². The Morgan fingerprint density at radius 3 is 2.61 bits per heavy atom. The SMILES string of the molecule is NNC(=O)C1(c2cc(F)ccc2F)CCOCC1. The predicted octanol–water partition coefficient (Wildman–Crippen LogP) is 1.00.